The number of rotatable bonds is 2. The van der Waals surface area contributed by atoms with E-state index in [1.807, 2.05) is 0 Å². The lowest BCUT2D eigenvalue weighted by molar-refractivity contribution is -0.136. The van der Waals surface area contributed by atoms with Crippen LogP contribution in [0.5, 0.6) is 0 Å². The Morgan fingerprint density at radius 3 is 2.44 bits per heavy atom. The van der Waals surface area contributed by atoms with Gasteiger partial charge in [0.1, 0.15) is 0 Å². The molecule has 0 aromatic rings. The summed E-state index contributed by atoms with van der Waals surface area (Å²) in [4.78, 5) is 16.9. The average molecular weight is 253 g/mol. The van der Waals surface area contributed by atoms with Crippen LogP contribution in [0, 0.1) is 0 Å². The van der Waals surface area contributed by atoms with Crippen molar-refractivity contribution in [3.05, 3.63) is 0 Å². The number of likely N-dealkylation sites (tertiary alicyclic amines) is 1. The van der Waals surface area contributed by atoms with Gasteiger partial charge in [-0.1, -0.05) is 12.8 Å². The predicted molar refractivity (Wildman–Crippen MR) is 73.5 cm³/mol. The molecule has 0 aromatic heterocycles. The van der Waals surface area contributed by atoms with E-state index >= 15 is 0 Å². The minimum Gasteiger partial charge on any atom is -0.341 e. The zero-order valence-corrected chi connectivity index (χ0v) is 11.8. The fourth-order valence-corrected chi connectivity index (χ4v) is 3.03. The van der Waals surface area contributed by atoms with Gasteiger partial charge in [-0.3, -0.25) is 9.69 Å². The molecular weight excluding hydrogens is 226 g/mol. The van der Waals surface area contributed by atoms with Gasteiger partial charge in [-0.05, 0) is 26.7 Å². The summed E-state index contributed by atoms with van der Waals surface area (Å²) in [5.74, 6) is 0.339. The maximum atomic E-state index is 12.5. The summed E-state index contributed by atoms with van der Waals surface area (Å²) in [6.45, 7) is 9.17. The molecule has 2 fully saturated rings. The summed E-state index contributed by atoms with van der Waals surface area (Å²) < 4.78 is 0. The van der Waals surface area contributed by atoms with Crippen LogP contribution in [0.3, 0.4) is 0 Å². The molecule has 18 heavy (non-hydrogen) atoms. The fourth-order valence-electron chi connectivity index (χ4n) is 3.03. The van der Waals surface area contributed by atoms with Crippen LogP contribution < -0.4 is 5.32 Å². The van der Waals surface area contributed by atoms with Gasteiger partial charge >= 0.3 is 0 Å². The van der Waals surface area contributed by atoms with Crippen molar-refractivity contribution >= 4 is 5.91 Å². The van der Waals surface area contributed by atoms with Crippen molar-refractivity contribution in [2.75, 3.05) is 32.7 Å². The van der Waals surface area contributed by atoms with E-state index in [9.17, 15) is 4.79 Å². The second-order valence-corrected chi connectivity index (χ2v) is 5.77. The van der Waals surface area contributed by atoms with E-state index < -0.39 is 0 Å². The van der Waals surface area contributed by atoms with Crippen LogP contribution in [0.25, 0.3) is 0 Å². The normalized spacial score (nSPS) is 28.8. The van der Waals surface area contributed by atoms with Gasteiger partial charge in [0.25, 0.3) is 0 Å². The summed E-state index contributed by atoms with van der Waals surface area (Å²) in [5.41, 5.74) is 0. The number of amides is 1. The van der Waals surface area contributed by atoms with Crippen molar-refractivity contribution in [3.63, 3.8) is 0 Å². The first-order valence-electron chi connectivity index (χ1n) is 7.44. The third-order valence-corrected chi connectivity index (χ3v) is 4.22. The van der Waals surface area contributed by atoms with Gasteiger partial charge in [-0.25, -0.2) is 0 Å². The molecule has 0 aliphatic carbocycles. The van der Waals surface area contributed by atoms with Crippen molar-refractivity contribution in [2.24, 2.45) is 0 Å². The second-order valence-electron chi connectivity index (χ2n) is 5.77. The lowest BCUT2D eigenvalue weighted by atomic mass is 10.1. The molecule has 1 N–H and O–H groups in total. The smallest absolute Gasteiger partial charge is 0.239 e. The van der Waals surface area contributed by atoms with Gasteiger partial charge in [-0.2, -0.15) is 0 Å². The first-order valence-corrected chi connectivity index (χ1v) is 7.44. The van der Waals surface area contributed by atoms with Gasteiger partial charge < -0.3 is 10.2 Å². The van der Waals surface area contributed by atoms with Crippen molar-refractivity contribution < 1.29 is 4.79 Å². The van der Waals surface area contributed by atoms with Crippen molar-refractivity contribution in [3.8, 4) is 0 Å². The van der Waals surface area contributed by atoms with Gasteiger partial charge in [0.05, 0.1) is 6.04 Å². The number of nitrogens with one attached hydrogen (secondary N) is 1. The molecule has 4 heteroatoms. The van der Waals surface area contributed by atoms with Crippen molar-refractivity contribution in [2.45, 2.75) is 51.6 Å². The van der Waals surface area contributed by atoms with E-state index in [2.05, 4.69) is 29.0 Å². The molecule has 0 spiro atoms. The van der Waals surface area contributed by atoms with E-state index in [0.29, 0.717) is 11.9 Å². The Labute approximate surface area is 111 Å². The van der Waals surface area contributed by atoms with Crippen LogP contribution >= 0.6 is 0 Å². The average Bonchev–Trinajstić information content (AvgIpc) is 2.66. The molecule has 2 atom stereocenters. The van der Waals surface area contributed by atoms with Gasteiger partial charge in [-0.15, -0.1) is 0 Å². The van der Waals surface area contributed by atoms with Gasteiger partial charge in [0.15, 0.2) is 0 Å². The Hall–Kier alpha value is -0.610. The van der Waals surface area contributed by atoms with Crippen LogP contribution in [0.2, 0.25) is 0 Å². The minimum atomic E-state index is 0.0487. The molecule has 2 rings (SSSR count). The van der Waals surface area contributed by atoms with Crippen LogP contribution in [0.15, 0.2) is 0 Å². The summed E-state index contributed by atoms with van der Waals surface area (Å²) in [6.07, 6.45) is 4.92. The largest absolute Gasteiger partial charge is 0.341 e. The Bertz CT molecular complexity index is 274. The molecule has 2 heterocycles. The highest BCUT2D eigenvalue weighted by Gasteiger charge is 2.28. The molecule has 2 aliphatic rings. The van der Waals surface area contributed by atoms with Crippen molar-refractivity contribution in [1.29, 1.82) is 0 Å². The molecule has 1 unspecified atom stereocenters. The quantitative estimate of drug-likeness (QED) is 0.799. The lowest BCUT2D eigenvalue weighted by Gasteiger charge is -2.37. The third-order valence-electron chi connectivity index (χ3n) is 4.22. The number of hydrogen-bond acceptors (Lipinski definition) is 3. The molecule has 2 saturated heterocycles. The standard InChI is InChI=1S/C14H27N3O/c1-12-11-17(10-7-15-12)13(2)14(18)16-8-5-3-4-6-9-16/h12-13,15H,3-11H2,1-2H3/t12-,13?/m1/s1. The molecule has 0 radical (unpaired) electrons. The van der Waals surface area contributed by atoms with Crippen LogP contribution in [-0.2, 0) is 4.79 Å². The van der Waals surface area contributed by atoms with Crippen LogP contribution in [-0.4, -0.2) is 60.5 Å². The second kappa shape index (κ2) is 6.53. The fraction of sp³-hybridized carbons (Fsp3) is 0.929. The number of piperazine rings is 1. The molecule has 4 nitrogen and oxygen atoms in total. The van der Waals surface area contributed by atoms with Crippen molar-refractivity contribution in [1.82, 2.24) is 15.1 Å². The summed E-state index contributed by atoms with van der Waals surface area (Å²) in [7, 11) is 0. The summed E-state index contributed by atoms with van der Waals surface area (Å²) in [5, 5.41) is 3.43. The molecule has 2 aliphatic heterocycles. The SMILES string of the molecule is CC(C(=O)N1CCCCCC1)N1CCN[C@H](C)C1. The number of hydrogen-bond donors (Lipinski definition) is 1. The monoisotopic (exact) mass is 253 g/mol. The highest BCUT2D eigenvalue weighted by atomic mass is 16.2. The minimum absolute atomic E-state index is 0.0487. The Morgan fingerprint density at radius 2 is 1.83 bits per heavy atom. The number of nitrogens with zero attached hydrogens (tertiary/aromatic N) is 2. The van der Waals surface area contributed by atoms with E-state index in [1.165, 1.54) is 25.7 Å². The van der Waals surface area contributed by atoms with E-state index in [0.717, 1.165) is 32.7 Å². The maximum absolute atomic E-state index is 12.5. The summed E-state index contributed by atoms with van der Waals surface area (Å²) >= 11 is 0. The molecule has 0 bridgehead atoms. The third kappa shape index (κ3) is 3.45. The lowest BCUT2D eigenvalue weighted by Crippen LogP contribution is -2.56. The zero-order chi connectivity index (χ0) is 13.0. The topological polar surface area (TPSA) is 35.6 Å². The predicted octanol–water partition coefficient (Wildman–Crippen LogP) is 1.07. The number of carbonyl (C=O) groups is 1. The molecule has 0 saturated carbocycles. The first-order chi connectivity index (χ1) is 8.68. The first kappa shape index (κ1) is 13.8. The molecular formula is C14H27N3O. The summed E-state index contributed by atoms with van der Waals surface area (Å²) in [6, 6.07) is 0.547. The van der Waals surface area contributed by atoms with Gasteiger partial charge in [0, 0.05) is 38.8 Å². The molecule has 1 amide bonds. The molecule has 104 valence electrons. The maximum Gasteiger partial charge on any atom is 0.239 e. The van der Waals surface area contributed by atoms with Crippen LogP contribution in [0.1, 0.15) is 39.5 Å². The zero-order valence-electron chi connectivity index (χ0n) is 11.8. The van der Waals surface area contributed by atoms with Gasteiger partial charge in [0.2, 0.25) is 5.91 Å². The Balaban J connectivity index is 1.90. The van der Waals surface area contributed by atoms with E-state index in [-0.39, 0.29) is 6.04 Å². The number of carbonyl (C=O) groups excluding carboxylic acids is 1. The highest BCUT2D eigenvalue weighted by molar-refractivity contribution is 5.81. The molecule has 0 aromatic carbocycles. The van der Waals surface area contributed by atoms with E-state index in [4.69, 9.17) is 0 Å². The van der Waals surface area contributed by atoms with Crippen LogP contribution in [0.4, 0.5) is 0 Å². The Kier molecular flexibility index (Phi) is 5.01. The Morgan fingerprint density at radius 1 is 1.17 bits per heavy atom. The van der Waals surface area contributed by atoms with E-state index in [1.54, 1.807) is 0 Å². The highest BCUT2D eigenvalue weighted by Crippen LogP contribution is 2.13.